The van der Waals surface area contributed by atoms with Crippen molar-refractivity contribution in [3.05, 3.63) is 45.2 Å². The van der Waals surface area contributed by atoms with Gasteiger partial charge in [0.15, 0.2) is 0 Å². The first-order chi connectivity index (χ1) is 9.93. The highest BCUT2D eigenvalue weighted by Crippen LogP contribution is 2.29. The molecule has 0 saturated carbocycles. The lowest BCUT2D eigenvalue weighted by Crippen LogP contribution is -2.07. The molecule has 2 rings (SSSR count). The normalized spacial score (nSPS) is 12.5. The molecule has 0 unspecified atom stereocenters. The van der Waals surface area contributed by atoms with Crippen LogP contribution in [0, 0.1) is 6.92 Å². The van der Waals surface area contributed by atoms with Crippen molar-refractivity contribution in [1.29, 1.82) is 0 Å². The van der Waals surface area contributed by atoms with Gasteiger partial charge in [0.1, 0.15) is 12.4 Å². The third-order valence-electron chi connectivity index (χ3n) is 3.30. The Hall–Kier alpha value is -1.23. The zero-order chi connectivity index (χ0) is 15.6. The minimum atomic E-state index is -0.0600. The first-order valence-electron chi connectivity index (χ1n) is 6.83. The number of aryl methyl sites for hydroxylation is 2. The third-order valence-corrected chi connectivity index (χ3v) is 4.09. The topological polar surface area (TPSA) is 53.1 Å². The lowest BCUT2D eigenvalue weighted by Gasteiger charge is -2.12. The summed E-state index contributed by atoms with van der Waals surface area (Å²) < 4.78 is 7.61. The number of nitrogens with zero attached hydrogens (tertiary/aromatic N) is 2. The van der Waals surface area contributed by atoms with Gasteiger partial charge in [0.2, 0.25) is 0 Å². The molecule has 1 aromatic carbocycles. The van der Waals surface area contributed by atoms with Crippen molar-refractivity contribution in [3.63, 3.8) is 0 Å². The van der Waals surface area contributed by atoms with Crippen LogP contribution in [0.1, 0.15) is 36.8 Å². The maximum Gasteiger partial charge on any atom is 0.138 e. The molecule has 0 fully saturated rings. The quantitative estimate of drug-likeness (QED) is 0.898. The summed E-state index contributed by atoms with van der Waals surface area (Å²) in [6, 6.07) is 5.51. The fourth-order valence-electron chi connectivity index (χ4n) is 2.07. The van der Waals surface area contributed by atoms with Gasteiger partial charge in [-0.3, -0.25) is 4.68 Å². The van der Waals surface area contributed by atoms with Gasteiger partial charge in [-0.15, -0.1) is 0 Å². The van der Waals surface area contributed by atoms with E-state index in [0.29, 0.717) is 22.4 Å². The Morgan fingerprint density at radius 3 is 2.67 bits per heavy atom. The summed E-state index contributed by atoms with van der Waals surface area (Å²) >= 11 is 12.5. The molecule has 0 aliphatic heterocycles. The number of rotatable bonds is 5. The summed E-state index contributed by atoms with van der Waals surface area (Å²) in [5.74, 6) is 0.610. The number of aromatic nitrogens is 2. The molecule has 0 aliphatic rings. The van der Waals surface area contributed by atoms with Gasteiger partial charge in [-0.25, -0.2) is 0 Å². The van der Waals surface area contributed by atoms with Gasteiger partial charge >= 0.3 is 0 Å². The average Bonchev–Trinajstić information content (AvgIpc) is 2.72. The average molecular weight is 328 g/mol. The highest BCUT2D eigenvalue weighted by molar-refractivity contribution is 6.32. The van der Waals surface area contributed by atoms with Crippen molar-refractivity contribution < 1.29 is 4.74 Å². The highest BCUT2D eigenvalue weighted by Gasteiger charge is 2.14. The number of halogens is 2. The van der Waals surface area contributed by atoms with Crippen LogP contribution in [0.15, 0.2) is 18.2 Å². The first-order valence-corrected chi connectivity index (χ1v) is 7.59. The Morgan fingerprint density at radius 2 is 2.10 bits per heavy atom. The van der Waals surface area contributed by atoms with Crippen molar-refractivity contribution in [2.45, 2.75) is 40.0 Å². The maximum atomic E-state index is 6.25. The predicted molar refractivity (Wildman–Crippen MR) is 86.0 cm³/mol. The summed E-state index contributed by atoms with van der Waals surface area (Å²) in [6.07, 6.45) is 0. The molecule has 114 valence electrons. The van der Waals surface area contributed by atoms with E-state index in [1.165, 1.54) is 0 Å². The van der Waals surface area contributed by atoms with Gasteiger partial charge in [0, 0.05) is 12.6 Å². The number of hydrogen-bond acceptors (Lipinski definition) is 3. The monoisotopic (exact) mass is 327 g/mol. The van der Waals surface area contributed by atoms with Crippen LogP contribution in [0.2, 0.25) is 10.0 Å². The Balaban J connectivity index is 2.17. The molecule has 0 spiro atoms. The lowest BCUT2D eigenvalue weighted by molar-refractivity contribution is 0.292. The van der Waals surface area contributed by atoms with Crippen LogP contribution in [0.3, 0.4) is 0 Å². The van der Waals surface area contributed by atoms with Gasteiger partial charge in [-0.05, 0) is 38.5 Å². The minimum absolute atomic E-state index is 0.0600. The number of benzene rings is 1. The summed E-state index contributed by atoms with van der Waals surface area (Å²) in [7, 11) is 0. The molecule has 0 amide bonds. The molecule has 0 saturated heterocycles. The van der Waals surface area contributed by atoms with Crippen molar-refractivity contribution in [2.75, 3.05) is 0 Å². The van der Waals surface area contributed by atoms with Gasteiger partial charge in [0.05, 0.1) is 21.4 Å². The van der Waals surface area contributed by atoms with Crippen LogP contribution in [0.5, 0.6) is 5.75 Å². The molecular weight excluding hydrogens is 309 g/mol. The molecule has 2 aromatic rings. The molecule has 2 N–H and O–H groups in total. The fourth-order valence-corrected chi connectivity index (χ4v) is 2.50. The minimum Gasteiger partial charge on any atom is -0.486 e. The molecule has 1 atom stereocenters. The van der Waals surface area contributed by atoms with Crippen LogP contribution >= 0.6 is 23.2 Å². The molecule has 0 bridgehead atoms. The zero-order valence-corrected chi connectivity index (χ0v) is 13.9. The molecule has 6 heteroatoms. The predicted octanol–water partition coefficient (Wildman–Crippen LogP) is 4.12. The zero-order valence-electron chi connectivity index (χ0n) is 12.4. The standard InChI is InChI=1S/C15H19Cl2N3O/c1-4-20-13(15(17)10(3)19-20)8-21-14-6-5-11(9(2)18)7-12(14)16/h5-7,9H,4,8,18H2,1-3H3/t9-/m1/s1. The smallest absolute Gasteiger partial charge is 0.138 e. The second kappa shape index (κ2) is 6.69. The molecular formula is C15H19Cl2N3O. The van der Waals surface area contributed by atoms with Crippen molar-refractivity contribution >= 4 is 23.2 Å². The van der Waals surface area contributed by atoms with Crippen LogP contribution < -0.4 is 10.5 Å². The largest absolute Gasteiger partial charge is 0.486 e. The van der Waals surface area contributed by atoms with E-state index in [0.717, 1.165) is 23.5 Å². The van der Waals surface area contributed by atoms with E-state index in [1.54, 1.807) is 0 Å². The van der Waals surface area contributed by atoms with Crippen molar-refractivity contribution in [3.8, 4) is 5.75 Å². The van der Waals surface area contributed by atoms with Gasteiger partial charge in [-0.2, -0.15) is 5.10 Å². The Kier molecular flexibility index (Phi) is 5.14. The van der Waals surface area contributed by atoms with Crippen molar-refractivity contribution in [1.82, 2.24) is 9.78 Å². The molecule has 4 nitrogen and oxygen atoms in total. The van der Waals surface area contributed by atoms with Crippen LogP contribution in [0.4, 0.5) is 0 Å². The lowest BCUT2D eigenvalue weighted by atomic mass is 10.1. The van der Waals surface area contributed by atoms with E-state index in [2.05, 4.69) is 5.10 Å². The second-order valence-corrected chi connectivity index (χ2v) is 5.71. The van der Waals surface area contributed by atoms with Gasteiger partial charge in [0.25, 0.3) is 0 Å². The summed E-state index contributed by atoms with van der Waals surface area (Å²) in [5.41, 5.74) is 8.45. The van der Waals surface area contributed by atoms with E-state index in [1.807, 2.05) is 43.7 Å². The van der Waals surface area contributed by atoms with E-state index in [9.17, 15) is 0 Å². The van der Waals surface area contributed by atoms with E-state index >= 15 is 0 Å². The van der Waals surface area contributed by atoms with E-state index in [-0.39, 0.29) is 6.04 Å². The number of ether oxygens (including phenoxy) is 1. The summed E-state index contributed by atoms with van der Waals surface area (Å²) in [4.78, 5) is 0. The summed E-state index contributed by atoms with van der Waals surface area (Å²) in [5, 5.41) is 5.54. The Labute approximate surface area is 134 Å². The second-order valence-electron chi connectivity index (χ2n) is 4.93. The first kappa shape index (κ1) is 16.1. The fraction of sp³-hybridized carbons (Fsp3) is 0.400. The highest BCUT2D eigenvalue weighted by atomic mass is 35.5. The molecule has 1 heterocycles. The maximum absolute atomic E-state index is 6.25. The third kappa shape index (κ3) is 3.51. The van der Waals surface area contributed by atoms with Crippen LogP contribution in [-0.2, 0) is 13.2 Å². The molecule has 0 radical (unpaired) electrons. The van der Waals surface area contributed by atoms with Crippen LogP contribution in [0.25, 0.3) is 0 Å². The number of nitrogens with two attached hydrogens (primary N) is 1. The summed E-state index contributed by atoms with van der Waals surface area (Å²) in [6.45, 7) is 6.86. The molecule has 0 aliphatic carbocycles. The molecule has 1 aromatic heterocycles. The van der Waals surface area contributed by atoms with Gasteiger partial charge < -0.3 is 10.5 Å². The SMILES string of the molecule is CCn1nc(C)c(Cl)c1COc1ccc([C@@H](C)N)cc1Cl. The Morgan fingerprint density at radius 1 is 1.38 bits per heavy atom. The van der Waals surface area contributed by atoms with Crippen LogP contribution in [-0.4, -0.2) is 9.78 Å². The van der Waals surface area contributed by atoms with Crippen molar-refractivity contribution in [2.24, 2.45) is 5.73 Å². The van der Waals surface area contributed by atoms with E-state index < -0.39 is 0 Å². The van der Waals surface area contributed by atoms with E-state index in [4.69, 9.17) is 33.7 Å². The Bertz CT molecular complexity index is 638. The van der Waals surface area contributed by atoms with Gasteiger partial charge in [-0.1, -0.05) is 29.3 Å². The number of hydrogen-bond donors (Lipinski definition) is 1. The molecule has 21 heavy (non-hydrogen) atoms.